The summed E-state index contributed by atoms with van der Waals surface area (Å²) >= 11 is 0. The zero-order valence-electron chi connectivity index (χ0n) is 16.1. The molecular formula is C22H22FNO4S. The van der Waals surface area contributed by atoms with Gasteiger partial charge in [0.1, 0.15) is 11.4 Å². The Bertz CT molecular complexity index is 1150. The van der Waals surface area contributed by atoms with Crippen LogP contribution in [0.5, 0.6) is 0 Å². The first-order valence-electron chi connectivity index (χ1n) is 9.52. The molecule has 29 heavy (non-hydrogen) atoms. The topological polar surface area (TPSA) is 67.6 Å². The van der Waals surface area contributed by atoms with Crippen LogP contribution in [-0.4, -0.2) is 36.8 Å². The summed E-state index contributed by atoms with van der Waals surface area (Å²) in [6, 6.07) is 11.7. The summed E-state index contributed by atoms with van der Waals surface area (Å²) in [5.41, 5.74) is 3.17. The van der Waals surface area contributed by atoms with Crippen LogP contribution >= 0.6 is 0 Å². The third kappa shape index (κ3) is 4.34. The number of hydrogen-bond acceptors (Lipinski definition) is 4. The number of nitrogens with zero attached hydrogens (tertiary/aromatic N) is 1. The van der Waals surface area contributed by atoms with E-state index in [0.29, 0.717) is 29.5 Å². The molecule has 1 atom stereocenters. The molecule has 2 aromatic carbocycles. The largest absolute Gasteiger partial charge is 0.464 e. The van der Waals surface area contributed by atoms with Gasteiger partial charge in [-0.25, -0.2) is 12.8 Å². The van der Waals surface area contributed by atoms with Crippen molar-refractivity contribution in [3.05, 3.63) is 71.2 Å². The number of halogens is 1. The van der Waals surface area contributed by atoms with Gasteiger partial charge in [-0.3, -0.25) is 4.79 Å². The van der Waals surface area contributed by atoms with Gasteiger partial charge in [-0.15, -0.1) is 0 Å². The Morgan fingerprint density at radius 3 is 2.66 bits per heavy atom. The van der Waals surface area contributed by atoms with Gasteiger partial charge in [0.25, 0.3) is 0 Å². The molecule has 5 nitrogen and oxygen atoms in total. The molecule has 1 aromatic heterocycles. The fourth-order valence-corrected chi connectivity index (χ4v) is 5.52. The summed E-state index contributed by atoms with van der Waals surface area (Å²) < 4.78 is 43.1. The Balaban J connectivity index is 1.61. The molecule has 0 N–H and O–H groups in total. The molecule has 2 heterocycles. The minimum Gasteiger partial charge on any atom is -0.464 e. The van der Waals surface area contributed by atoms with Crippen molar-refractivity contribution in [2.45, 2.75) is 32.4 Å². The quantitative estimate of drug-likeness (QED) is 0.638. The van der Waals surface area contributed by atoms with Crippen molar-refractivity contribution in [1.29, 1.82) is 0 Å². The molecule has 1 aliphatic heterocycles. The average molecular weight is 415 g/mol. The van der Waals surface area contributed by atoms with E-state index in [1.807, 2.05) is 31.2 Å². The van der Waals surface area contributed by atoms with Crippen LogP contribution < -0.4 is 0 Å². The first-order chi connectivity index (χ1) is 13.8. The van der Waals surface area contributed by atoms with Gasteiger partial charge in [0, 0.05) is 23.5 Å². The Kier molecular flexibility index (Phi) is 5.17. The summed E-state index contributed by atoms with van der Waals surface area (Å²) in [6.45, 7) is 2.32. The zero-order valence-corrected chi connectivity index (χ0v) is 16.9. The van der Waals surface area contributed by atoms with Crippen LogP contribution in [0.25, 0.3) is 11.0 Å². The average Bonchev–Trinajstić information content (AvgIpc) is 3.23. The lowest BCUT2D eigenvalue weighted by atomic mass is 10.1. The molecule has 1 amide bonds. The molecule has 1 saturated heterocycles. The molecule has 1 aliphatic rings. The summed E-state index contributed by atoms with van der Waals surface area (Å²) in [7, 11) is -3.14. The molecule has 0 radical (unpaired) electrons. The monoisotopic (exact) mass is 415 g/mol. The fourth-order valence-electron chi connectivity index (χ4n) is 3.79. The van der Waals surface area contributed by atoms with Crippen molar-refractivity contribution < 1.29 is 22.0 Å². The number of carbonyl (C=O) groups is 1. The van der Waals surface area contributed by atoms with E-state index in [1.54, 1.807) is 4.90 Å². The highest BCUT2D eigenvalue weighted by Gasteiger charge is 2.34. The van der Waals surface area contributed by atoms with Gasteiger partial charge in [-0.1, -0.05) is 29.8 Å². The van der Waals surface area contributed by atoms with Crippen molar-refractivity contribution in [2.24, 2.45) is 0 Å². The van der Waals surface area contributed by atoms with Gasteiger partial charge in [-0.05, 0) is 37.1 Å². The van der Waals surface area contributed by atoms with Crippen molar-refractivity contribution in [1.82, 2.24) is 4.90 Å². The van der Waals surface area contributed by atoms with E-state index < -0.39 is 15.7 Å². The molecule has 7 heteroatoms. The van der Waals surface area contributed by atoms with Crippen LogP contribution in [0.4, 0.5) is 4.39 Å². The molecular weight excluding hydrogens is 393 g/mol. The molecule has 3 aromatic rings. The number of sulfone groups is 1. The Morgan fingerprint density at radius 2 is 1.97 bits per heavy atom. The molecule has 0 bridgehead atoms. The number of carbonyl (C=O) groups excluding carboxylic acids is 1. The summed E-state index contributed by atoms with van der Waals surface area (Å²) in [5.74, 6) is -0.522. The smallest absolute Gasteiger partial charge is 0.227 e. The van der Waals surface area contributed by atoms with E-state index in [1.165, 1.54) is 24.5 Å². The van der Waals surface area contributed by atoms with Crippen molar-refractivity contribution in [3.8, 4) is 0 Å². The maximum atomic E-state index is 13.6. The third-order valence-corrected chi connectivity index (χ3v) is 7.15. The molecule has 0 aliphatic carbocycles. The zero-order chi connectivity index (χ0) is 20.6. The SMILES string of the molecule is Cc1ccc(CN(C(=O)Cc2coc3ccc(F)cc23)C2CCS(=O)(=O)C2)cc1. The van der Waals surface area contributed by atoms with Crippen molar-refractivity contribution in [2.75, 3.05) is 11.5 Å². The van der Waals surface area contributed by atoms with E-state index >= 15 is 0 Å². The highest BCUT2D eigenvalue weighted by molar-refractivity contribution is 7.91. The number of benzene rings is 2. The number of furan rings is 1. The molecule has 0 saturated carbocycles. The molecule has 152 valence electrons. The van der Waals surface area contributed by atoms with Gasteiger partial charge < -0.3 is 9.32 Å². The normalized spacial score (nSPS) is 18.2. The third-order valence-electron chi connectivity index (χ3n) is 5.40. The highest BCUT2D eigenvalue weighted by atomic mass is 32.2. The van der Waals surface area contributed by atoms with Crippen LogP contribution in [-0.2, 0) is 27.6 Å². The van der Waals surface area contributed by atoms with Gasteiger partial charge in [0.2, 0.25) is 5.91 Å². The van der Waals surface area contributed by atoms with Crippen molar-refractivity contribution >= 4 is 26.7 Å². The maximum absolute atomic E-state index is 13.6. The second-order valence-electron chi connectivity index (χ2n) is 7.64. The lowest BCUT2D eigenvalue weighted by Crippen LogP contribution is -2.41. The Labute approximate surface area is 169 Å². The van der Waals surface area contributed by atoms with Crippen LogP contribution in [0.3, 0.4) is 0 Å². The number of hydrogen-bond donors (Lipinski definition) is 0. The highest BCUT2D eigenvalue weighted by Crippen LogP contribution is 2.25. The number of aryl methyl sites for hydroxylation is 1. The van der Waals surface area contributed by atoms with E-state index in [4.69, 9.17) is 4.42 Å². The summed E-state index contributed by atoms with van der Waals surface area (Å²) in [6.07, 6.45) is 1.93. The van der Waals surface area contributed by atoms with E-state index in [0.717, 1.165) is 11.1 Å². The summed E-state index contributed by atoms with van der Waals surface area (Å²) in [4.78, 5) is 14.9. The number of fused-ring (bicyclic) bond motifs is 1. The number of rotatable bonds is 5. The van der Waals surface area contributed by atoms with Gasteiger partial charge in [-0.2, -0.15) is 0 Å². The minimum absolute atomic E-state index is 0.0225. The first-order valence-corrected chi connectivity index (χ1v) is 11.3. The minimum atomic E-state index is -3.14. The van der Waals surface area contributed by atoms with Crippen molar-refractivity contribution in [3.63, 3.8) is 0 Å². The maximum Gasteiger partial charge on any atom is 0.227 e. The van der Waals surface area contributed by atoms with Gasteiger partial charge in [0.05, 0.1) is 24.2 Å². The molecule has 4 rings (SSSR count). The lowest BCUT2D eigenvalue weighted by Gasteiger charge is -2.28. The van der Waals surface area contributed by atoms with Crippen LogP contribution in [0.2, 0.25) is 0 Å². The molecule has 1 fully saturated rings. The number of amides is 1. The van der Waals surface area contributed by atoms with Crippen LogP contribution in [0, 0.1) is 12.7 Å². The Hall–Kier alpha value is -2.67. The van der Waals surface area contributed by atoms with E-state index in [2.05, 4.69) is 0 Å². The predicted octanol–water partition coefficient (Wildman–Crippen LogP) is 3.64. The van der Waals surface area contributed by atoms with Crippen LogP contribution in [0.15, 0.2) is 53.1 Å². The van der Waals surface area contributed by atoms with Crippen LogP contribution in [0.1, 0.15) is 23.1 Å². The van der Waals surface area contributed by atoms with E-state index in [-0.39, 0.29) is 29.9 Å². The predicted molar refractivity (Wildman–Crippen MR) is 109 cm³/mol. The molecule has 1 unspecified atom stereocenters. The molecule has 0 spiro atoms. The lowest BCUT2D eigenvalue weighted by molar-refractivity contribution is -0.133. The van der Waals surface area contributed by atoms with Gasteiger partial charge >= 0.3 is 0 Å². The van der Waals surface area contributed by atoms with Gasteiger partial charge in [0.15, 0.2) is 9.84 Å². The van der Waals surface area contributed by atoms with E-state index in [9.17, 15) is 17.6 Å². The second kappa shape index (κ2) is 7.63. The fraction of sp³-hybridized carbons (Fsp3) is 0.318. The second-order valence-corrected chi connectivity index (χ2v) is 9.87. The Morgan fingerprint density at radius 1 is 1.21 bits per heavy atom. The standard InChI is InChI=1S/C22H22FNO4S/c1-15-2-4-16(5-3-15)12-24(19-8-9-29(26,27)14-19)22(25)10-17-13-28-21-7-6-18(23)11-20(17)21/h2-7,11,13,19H,8-10,12,14H2,1H3. The first kappa shape index (κ1) is 19.6. The summed E-state index contributed by atoms with van der Waals surface area (Å²) in [5, 5.41) is 0.563.